The molecule has 0 aromatic carbocycles. The number of pyridine rings is 1. The van der Waals surface area contributed by atoms with Crippen molar-refractivity contribution in [3.8, 4) is 0 Å². The minimum Gasteiger partial charge on any atom is -0.338 e. The average Bonchev–Trinajstić information content (AvgIpc) is 2.96. The third-order valence-electron chi connectivity index (χ3n) is 4.05. The Labute approximate surface area is 133 Å². The number of carbonyl (C=O) groups excluding carboxylic acids is 1. The van der Waals surface area contributed by atoms with Crippen molar-refractivity contribution in [2.24, 2.45) is 7.05 Å². The van der Waals surface area contributed by atoms with Gasteiger partial charge >= 0.3 is 0 Å². The van der Waals surface area contributed by atoms with Gasteiger partial charge in [-0.1, -0.05) is 0 Å². The van der Waals surface area contributed by atoms with E-state index in [0.717, 1.165) is 30.1 Å². The summed E-state index contributed by atoms with van der Waals surface area (Å²) in [6.07, 6.45) is 3.67. The van der Waals surface area contributed by atoms with Crippen LogP contribution in [0, 0.1) is 6.92 Å². The summed E-state index contributed by atoms with van der Waals surface area (Å²) in [6.45, 7) is 3.42. The fraction of sp³-hybridized carbons (Fsp3) is 0.438. The molecular formula is C16H19N3O2S. The first-order valence-electron chi connectivity index (χ1n) is 7.42. The van der Waals surface area contributed by atoms with Crippen LogP contribution in [0.2, 0.25) is 0 Å². The molecule has 6 heteroatoms. The molecule has 1 aliphatic heterocycles. The number of carbonyl (C=O) groups is 1. The van der Waals surface area contributed by atoms with E-state index in [1.165, 1.54) is 10.6 Å². The maximum Gasteiger partial charge on any atom is 0.254 e. The molecular weight excluding hydrogens is 298 g/mol. The molecule has 0 saturated carbocycles. The van der Waals surface area contributed by atoms with E-state index in [1.807, 2.05) is 11.8 Å². The third-order valence-corrected chi connectivity index (χ3v) is 5.17. The maximum absolute atomic E-state index is 12.6. The van der Waals surface area contributed by atoms with Gasteiger partial charge in [0.25, 0.3) is 11.5 Å². The molecule has 3 heterocycles. The fourth-order valence-electron chi connectivity index (χ4n) is 2.79. The molecule has 0 spiro atoms. The number of likely N-dealkylation sites (tertiary alicyclic amines) is 1. The van der Waals surface area contributed by atoms with E-state index in [-0.39, 0.29) is 11.5 Å². The van der Waals surface area contributed by atoms with Crippen molar-refractivity contribution in [1.82, 2.24) is 14.5 Å². The summed E-state index contributed by atoms with van der Waals surface area (Å²) in [7, 11) is 1.68. The molecule has 0 unspecified atom stereocenters. The molecule has 0 bridgehead atoms. The standard InChI is InChI=1S/C16H19N3O2S/c1-11-10-22-15(17-11)13-4-3-6-19(9-13)16(21)12-5-7-18(2)14(20)8-12/h5,7-8,10,13H,3-4,6,9H2,1-2H3/t13-/m0/s1. The molecule has 2 aromatic rings. The number of hydrogen-bond donors (Lipinski definition) is 0. The number of piperidine rings is 1. The molecule has 3 rings (SSSR count). The van der Waals surface area contributed by atoms with Crippen molar-refractivity contribution < 1.29 is 4.79 Å². The van der Waals surface area contributed by atoms with Gasteiger partial charge in [-0.25, -0.2) is 4.98 Å². The summed E-state index contributed by atoms with van der Waals surface area (Å²) in [5, 5.41) is 3.16. The largest absolute Gasteiger partial charge is 0.338 e. The van der Waals surface area contributed by atoms with Crippen LogP contribution in [0.25, 0.3) is 0 Å². The molecule has 1 atom stereocenters. The lowest BCUT2D eigenvalue weighted by Crippen LogP contribution is -2.39. The number of rotatable bonds is 2. The van der Waals surface area contributed by atoms with Crippen LogP contribution in [0.3, 0.4) is 0 Å². The van der Waals surface area contributed by atoms with Gasteiger partial charge in [0.05, 0.1) is 5.01 Å². The lowest BCUT2D eigenvalue weighted by atomic mass is 9.98. The van der Waals surface area contributed by atoms with Gasteiger partial charge in [0.2, 0.25) is 0 Å². The zero-order chi connectivity index (χ0) is 15.7. The predicted octanol–water partition coefficient (Wildman–Crippen LogP) is 2.17. The van der Waals surface area contributed by atoms with Gasteiger partial charge in [0, 0.05) is 55.0 Å². The Morgan fingerprint density at radius 1 is 1.45 bits per heavy atom. The lowest BCUT2D eigenvalue weighted by Gasteiger charge is -2.31. The van der Waals surface area contributed by atoms with Gasteiger partial charge < -0.3 is 9.47 Å². The van der Waals surface area contributed by atoms with E-state index in [9.17, 15) is 9.59 Å². The van der Waals surface area contributed by atoms with Crippen molar-refractivity contribution in [3.05, 3.63) is 50.3 Å². The topological polar surface area (TPSA) is 55.2 Å². The van der Waals surface area contributed by atoms with Crippen LogP contribution in [0.5, 0.6) is 0 Å². The molecule has 2 aromatic heterocycles. The van der Waals surface area contributed by atoms with E-state index in [1.54, 1.807) is 30.6 Å². The van der Waals surface area contributed by atoms with Gasteiger partial charge in [-0.2, -0.15) is 0 Å². The van der Waals surface area contributed by atoms with E-state index in [0.29, 0.717) is 18.0 Å². The second-order valence-corrected chi connectivity index (χ2v) is 6.67. The Kier molecular flexibility index (Phi) is 4.11. The smallest absolute Gasteiger partial charge is 0.254 e. The van der Waals surface area contributed by atoms with Crippen molar-refractivity contribution in [2.75, 3.05) is 13.1 Å². The van der Waals surface area contributed by atoms with Gasteiger partial charge in [0.1, 0.15) is 0 Å². The minimum atomic E-state index is -0.157. The Hall–Kier alpha value is -1.95. The highest BCUT2D eigenvalue weighted by Gasteiger charge is 2.27. The van der Waals surface area contributed by atoms with E-state index < -0.39 is 0 Å². The van der Waals surface area contributed by atoms with Gasteiger partial charge in [-0.3, -0.25) is 9.59 Å². The number of nitrogens with zero attached hydrogens (tertiary/aromatic N) is 3. The lowest BCUT2D eigenvalue weighted by molar-refractivity contribution is 0.0706. The highest BCUT2D eigenvalue weighted by atomic mass is 32.1. The molecule has 0 aliphatic carbocycles. The molecule has 0 N–H and O–H groups in total. The Morgan fingerprint density at radius 3 is 2.95 bits per heavy atom. The molecule has 5 nitrogen and oxygen atoms in total. The van der Waals surface area contributed by atoms with Gasteiger partial charge in [0.15, 0.2) is 0 Å². The zero-order valence-electron chi connectivity index (χ0n) is 12.8. The second-order valence-electron chi connectivity index (χ2n) is 5.78. The molecule has 1 saturated heterocycles. The minimum absolute atomic E-state index is 0.0596. The maximum atomic E-state index is 12.6. The van der Waals surface area contributed by atoms with Crippen LogP contribution in [0.1, 0.15) is 39.8 Å². The number of amides is 1. The third kappa shape index (κ3) is 2.97. The Morgan fingerprint density at radius 2 is 2.27 bits per heavy atom. The highest BCUT2D eigenvalue weighted by molar-refractivity contribution is 7.09. The molecule has 1 aliphatic rings. The van der Waals surface area contributed by atoms with Gasteiger partial charge in [-0.15, -0.1) is 11.3 Å². The van der Waals surface area contributed by atoms with Crippen molar-refractivity contribution in [3.63, 3.8) is 0 Å². The van der Waals surface area contributed by atoms with E-state index in [4.69, 9.17) is 0 Å². The summed E-state index contributed by atoms with van der Waals surface area (Å²) in [5.74, 6) is 0.249. The van der Waals surface area contributed by atoms with E-state index >= 15 is 0 Å². The van der Waals surface area contributed by atoms with Crippen LogP contribution in [0.15, 0.2) is 28.5 Å². The Balaban J connectivity index is 1.77. The summed E-state index contributed by atoms with van der Waals surface area (Å²) in [4.78, 5) is 30.7. The van der Waals surface area contributed by atoms with Crippen molar-refractivity contribution in [1.29, 1.82) is 0 Å². The molecule has 22 heavy (non-hydrogen) atoms. The first-order chi connectivity index (χ1) is 10.5. The summed E-state index contributed by atoms with van der Waals surface area (Å²) in [6, 6.07) is 3.13. The molecule has 0 radical (unpaired) electrons. The fourth-order valence-corrected chi connectivity index (χ4v) is 3.71. The van der Waals surface area contributed by atoms with Gasteiger partial charge in [-0.05, 0) is 25.8 Å². The van der Waals surface area contributed by atoms with Crippen LogP contribution in [0.4, 0.5) is 0 Å². The number of aromatic nitrogens is 2. The van der Waals surface area contributed by atoms with Crippen LogP contribution in [-0.2, 0) is 7.05 Å². The number of hydrogen-bond acceptors (Lipinski definition) is 4. The summed E-state index contributed by atoms with van der Waals surface area (Å²) >= 11 is 1.67. The normalized spacial score (nSPS) is 18.5. The molecule has 1 amide bonds. The van der Waals surface area contributed by atoms with Crippen molar-refractivity contribution >= 4 is 17.2 Å². The first-order valence-corrected chi connectivity index (χ1v) is 8.30. The highest BCUT2D eigenvalue weighted by Crippen LogP contribution is 2.29. The summed E-state index contributed by atoms with van der Waals surface area (Å²) < 4.78 is 1.47. The first kappa shape index (κ1) is 15.0. The van der Waals surface area contributed by atoms with Crippen LogP contribution < -0.4 is 5.56 Å². The molecule has 116 valence electrons. The van der Waals surface area contributed by atoms with E-state index in [2.05, 4.69) is 10.4 Å². The van der Waals surface area contributed by atoms with Crippen LogP contribution >= 0.6 is 11.3 Å². The van der Waals surface area contributed by atoms with Crippen molar-refractivity contribution in [2.45, 2.75) is 25.7 Å². The SMILES string of the molecule is Cc1csc([C@H]2CCCN(C(=O)c3ccn(C)c(=O)c3)C2)n1. The monoisotopic (exact) mass is 317 g/mol. The Bertz CT molecular complexity index is 750. The summed E-state index contributed by atoms with van der Waals surface area (Å²) in [5.41, 5.74) is 1.35. The predicted molar refractivity (Wildman–Crippen MR) is 86.4 cm³/mol. The number of aryl methyl sites for hydroxylation is 2. The average molecular weight is 317 g/mol. The second kappa shape index (κ2) is 6.04. The molecule has 1 fully saturated rings. The quantitative estimate of drug-likeness (QED) is 0.853. The number of thiazole rings is 1. The zero-order valence-corrected chi connectivity index (χ0v) is 13.6. The van der Waals surface area contributed by atoms with Crippen LogP contribution in [-0.4, -0.2) is 33.4 Å².